The number of ether oxygens (including phenoxy) is 1. The van der Waals surface area contributed by atoms with Crippen molar-refractivity contribution < 1.29 is 9.53 Å². The molecule has 0 N–H and O–H groups in total. The first-order chi connectivity index (χ1) is 12.3. The molecule has 0 radical (unpaired) electrons. The van der Waals surface area contributed by atoms with Crippen LogP contribution in [0.1, 0.15) is 29.6 Å². The van der Waals surface area contributed by atoms with Gasteiger partial charge in [-0.15, -0.1) is 0 Å². The van der Waals surface area contributed by atoms with Crippen LogP contribution in [0.25, 0.3) is 5.82 Å². The third-order valence-electron chi connectivity index (χ3n) is 5.19. The molecule has 0 saturated carbocycles. The van der Waals surface area contributed by atoms with Crippen LogP contribution in [0, 0.1) is 5.41 Å². The van der Waals surface area contributed by atoms with E-state index >= 15 is 0 Å². The maximum atomic E-state index is 12.8. The Labute approximate surface area is 147 Å². The topological polar surface area (TPSA) is 60.2 Å². The molecule has 6 heteroatoms. The van der Waals surface area contributed by atoms with Gasteiger partial charge in [0.1, 0.15) is 0 Å². The third kappa shape index (κ3) is 3.35. The molecule has 1 fully saturated rings. The molecule has 1 spiro atoms. The highest BCUT2D eigenvalue weighted by atomic mass is 16.5. The van der Waals surface area contributed by atoms with Crippen LogP contribution < -0.4 is 0 Å². The Hall–Kier alpha value is -2.47. The summed E-state index contributed by atoms with van der Waals surface area (Å²) in [4.78, 5) is 19.0. The van der Waals surface area contributed by atoms with Crippen molar-refractivity contribution in [1.29, 1.82) is 0 Å². The smallest absolute Gasteiger partial charge is 0.255 e. The Bertz CT molecular complexity index is 744. The fourth-order valence-electron chi connectivity index (χ4n) is 3.57. The molecule has 0 unspecified atom stereocenters. The number of carbonyl (C=O) groups is 1. The first kappa shape index (κ1) is 16.0. The molecule has 0 bridgehead atoms. The minimum atomic E-state index is 0.0550. The number of hydrogen-bond acceptors (Lipinski definition) is 4. The number of piperidine rings is 1. The summed E-state index contributed by atoms with van der Waals surface area (Å²) in [5.74, 6) is 0.765. The van der Waals surface area contributed by atoms with E-state index in [-0.39, 0.29) is 11.3 Å². The van der Waals surface area contributed by atoms with Crippen molar-refractivity contribution in [3.63, 3.8) is 0 Å². The number of allylic oxidation sites excluding steroid dienone is 1. The molecule has 0 atom stereocenters. The second-order valence-corrected chi connectivity index (χ2v) is 6.84. The van der Waals surface area contributed by atoms with Gasteiger partial charge in [0.05, 0.1) is 18.8 Å². The zero-order chi connectivity index (χ0) is 17.1. The van der Waals surface area contributed by atoms with Crippen molar-refractivity contribution >= 4 is 5.91 Å². The van der Waals surface area contributed by atoms with E-state index in [2.05, 4.69) is 22.2 Å². The Morgan fingerprint density at radius 2 is 2.08 bits per heavy atom. The van der Waals surface area contributed by atoms with Gasteiger partial charge in [-0.25, -0.2) is 9.67 Å². The molecule has 2 aliphatic heterocycles. The molecule has 1 saturated heterocycles. The van der Waals surface area contributed by atoms with Gasteiger partial charge in [0.15, 0.2) is 5.82 Å². The zero-order valence-electron chi connectivity index (χ0n) is 14.2. The summed E-state index contributed by atoms with van der Waals surface area (Å²) >= 11 is 0. The van der Waals surface area contributed by atoms with Crippen LogP contribution in [0.15, 0.2) is 48.9 Å². The molecule has 2 aromatic rings. The molecule has 1 amide bonds. The molecule has 4 heterocycles. The van der Waals surface area contributed by atoms with Gasteiger partial charge in [0.25, 0.3) is 5.91 Å². The summed E-state index contributed by atoms with van der Waals surface area (Å²) in [6, 6.07) is 5.50. The molecule has 0 aromatic carbocycles. The van der Waals surface area contributed by atoms with E-state index in [0.717, 1.165) is 39.0 Å². The quantitative estimate of drug-likeness (QED) is 0.789. The van der Waals surface area contributed by atoms with E-state index in [4.69, 9.17) is 4.74 Å². The molecule has 130 valence electrons. The summed E-state index contributed by atoms with van der Waals surface area (Å²) in [6.07, 6.45) is 12.5. The summed E-state index contributed by atoms with van der Waals surface area (Å²) in [7, 11) is 0. The Kier molecular flexibility index (Phi) is 4.36. The van der Waals surface area contributed by atoms with Crippen LogP contribution in [-0.4, -0.2) is 51.9 Å². The van der Waals surface area contributed by atoms with Crippen LogP contribution in [0.5, 0.6) is 0 Å². The molecular weight excluding hydrogens is 316 g/mol. The van der Waals surface area contributed by atoms with Crippen molar-refractivity contribution in [2.24, 2.45) is 5.41 Å². The van der Waals surface area contributed by atoms with E-state index in [1.54, 1.807) is 17.1 Å². The second-order valence-electron chi connectivity index (χ2n) is 6.84. The number of aromatic nitrogens is 3. The normalized spacial score (nSPS) is 19.8. The van der Waals surface area contributed by atoms with Crippen LogP contribution in [0.4, 0.5) is 0 Å². The van der Waals surface area contributed by atoms with E-state index in [1.807, 2.05) is 29.3 Å². The second kappa shape index (κ2) is 6.80. The summed E-state index contributed by atoms with van der Waals surface area (Å²) < 4.78 is 7.39. The average Bonchev–Trinajstić information content (AvgIpc) is 3.11. The minimum Gasteiger partial charge on any atom is -0.377 e. The summed E-state index contributed by atoms with van der Waals surface area (Å²) in [5.41, 5.74) is 0.829. The summed E-state index contributed by atoms with van der Waals surface area (Å²) in [6.45, 7) is 3.05. The highest BCUT2D eigenvalue weighted by molar-refractivity contribution is 5.94. The number of pyridine rings is 1. The fourth-order valence-corrected chi connectivity index (χ4v) is 3.57. The lowest BCUT2D eigenvalue weighted by Gasteiger charge is -2.40. The Balaban J connectivity index is 1.41. The number of likely N-dealkylation sites (tertiary alicyclic amines) is 1. The Morgan fingerprint density at radius 1 is 1.20 bits per heavy atom. The highest BCUT2D eigenvalue weighted by Gasteiger charge is 2.36. The molecule has 25 heavy (non-hydrogen) atoms. The molecule has 6 nitrogen and oxygen atoms in total. The minimum absolute atomic E-state index is 0.0550. The van der Waals surface area contributed by atoms with E-state index in [1.165, 1.54) is 0 Å². The molecule has 4 rings (SSSR count). The lowest BCUT2D eigenvalue weighted by molar-refractivity contribution is 0.0163. The Morgan fingerprint density at radius 3 is 2.80 bits per heavy atom. The molecule has 2 aromatic heterocycles. The van der Waals surface area contributed by atoms with Gasteiger partial charge >= 0.3 is 0 Å². The lowest BCUT2D eigenvalue weighted by Crippen LogP contribution is -2.44. The molecule has 2 aliphatic rings. The van der Waals surface area contributed by atoms with Crippen LogP contribution in [0.3, 0.4) is 0 Å². The predicted molar refractivity (Wildman–Crippen MR) is 93.5 cm³/mol. The molecular formula is C19H22N4O2. The average molecular weight is 338 g/mol. The van der Waals surface area contributed by atoms with Gasteiger partial charge in [-0.05, 0) is 37.5 Å². The largest absolute Gasteiger partial charge is 0.377 e. The fraction of sp³-hybridized carbons (Fsp3) is 0.421. The van der Waals surface area contributed by atoms with Gasteiger partial charge in [-0.2, -0.15) is 5.10 Å². The first-order valence-corrected chi connectivity index (χ1v) is 8.74. The number of carbonyl (C=O) groups excluding carboxylic acids is 1. The number of rotatable bonds is 2. The SMILES string of the molecule is O=C(c1ccc(-n2cccn2)nc1)N1CCC2(CC=CCOC2)CC1. The van der Waals surface area contributed by atoms with E-state index < -0.39 is 0 Å². The van der Waals surface area contributed by atoms with Crippen LogP contribution >= 0.6 is 0 Å². The van der Waals surface area contributed by atoms with Crippen molar-refractivity contribution in [2.45, 2.75) is 19.3 Å². The first-order valence-electron chi connectivity index (χ1n) is 8.74. The van der Waals surface area contributed by atoms with Crippen LogP contribution in [-0.2, 0) is 4.74 Å². The van der Waals surface area contributed by atoms with Gasteiger partial charge in [-0.3, -0.25) is 4.79 Å². The van der Waals surface area contributed by atoms with Crippen LogP contribution in [0.2, 0.25) is 0 Å². The van der Waals surface area contributed by atoms with E-state index in [0.29, 0.717) is 18.0 Å². The number of nitrogens with zero attached hydrogens (tertiary/aromatic N) is 4. The van der Waals surface area contributed by atoms with Crippen molar-refractivity contribution in [2.75, 3.05) is 26.3 Å². The standard InChI is InChI=1S/C19H22N4O2/c24-18(16-4-5-17(20-14-16)23-10-3-9-21-23)22-11-7-19(8-12-22)6-1-2-13-25-15-19/h1-5,9-10,14H,6-8,11-13,15H2. The summed E-state index contributed by atoms with van der Waals surface area (Å²) in [5, 5.41) is 4.15. The van der Waals surface area contributed by atoms with Gasteiger partial charge < -0.3 is 9.64 Å². The van der Waals surface area contributed by atoms with Crippen molar-refractivity contribution in [3.05, 3.63) is 54.5 Å². The van der Waals surface area contributed by atoms with Crippen molar-refractivity contribution in [3.8, 4) is 5.82 Å². The highest BCUT2D eigenvalue weighted by Crippen LogP contribution is 2.37. The monoisotopic (exact) mass is 338 g/mol. The maximum absolute atomic E-state index is 12.8. The van der Waals surface area contributed by atoms with Gasteiger partial charge in [0, 0.05) is 37.1 Å². The predicted octanol–water partition coefficient (Wildman–Crippen LogP) is 2.47. The van der Waals surface area contributed by atoms with Gasteiger partial charge in [0.2, 0.25) is 0 Å². The number of hydrogen-bond donors (Lipinski definition) is 0. The molecule has 0 aliphatic carbocycles. The zero-order valence-corrected chi connectivity index (χ0v) is 14.2. The van der Waals surface area contributed by atoms with Crippen molar-refractivity contribution in [1.82, 2.24) is 19.7 Å². The maximum Gasteiger partial charge on any atom is 0.255 e. The third-order valence-corrected chi connectivity index (χ3v) is 5.19. The van der Waals surface area contributed by atoms with E-state index in [9.17, 15) is 4.79 Å². The lowest BCUT2D eigenvalue weighted by atomic mass is 9.76. The number of amides is 1. The van der Waals surface area contributed by atoms with Gasteiger partial charge in [-0.1, -0.05) is 12.2 Å².